The van der Waals surface area contributed by atoms with Crippen LogP contribution < -0.4 is 5.32 Å². The summed E-state index contributed by atoms with van der Waals surface area (Å²) in [6.07, 6.45) is 0. The lowest BCUT2D eigenvalue weighted by Gasteiger charge is -2.16. The van der Waals surface area contributed by atoms with Gasteiger partial charge in [0.2, 0.25) is 0 Å². The molecule has 2 aliphatic heterocycles. The van der Waals surface area contributed by atoms with Gasteiger partial charge in [-0.25, -0.2) is 0 Å². The van der Waals surface area contributed by atoms with Crippen LogP contribution in [0.25, 0.3) is 0 Å². The molecule has 0 aliphatic carbocycles. The van der Waals surface area contributed by atoms with Gasteiger partial charge in [0.15, 0.2) is 0 Å². The molecule has 0 saturated heterocycles. The summed E-state index contributed by atoms with van der Waals surface area (Å²) in [6.45, 7) is 9.29. The van der Waals surface area contributed by atoms with Gasteiger partial charge in [-0.2, -0.15) is 0 Å². The minimum atomic E-state index is 0.979. The van der Waals surface area contributed by atoms with Crippen LogP contribution in [0.1, 0.15) is 0 Å². The first-order valence-electron chi connectivity index (χ1n) is 4.22. The van der Waals surface area contributed by atoms with Crippen molar-refractivity contribution in [3.63, 3.8) is 0 Å². The summed E-state index contributed by atoms with van der Waals surface area (Å²) in [5.74, 6) is 0. The third-order valence-electron chi connectivity index (χ3n) is 2.40. The molecule has 2 heterocycles. The van der Waals surface area contributed by atoms with E-state index < -0.39 is 0 Å². The van der Waals surface area contributed by atoms with Crippen LogP contribution in [-0.4, -0.2) is 37.6 Å². The van der Waals surface area contributed by atoms with Crippen molar-refractivity contribution in [1.29, 1.82) is 0 Å². The molecule has 2 nitrogen and oxygen atoms in total. The van der Waals surface area contributed by atoms with Crippen molar-refractivity contribution in [3.8, 4) is 0 Å². The molecule has 0 unspecified atom stereocenters. The lowest BCUT2D eigenvalue weighted by Crippen LogP contribution is -2.27. The molecular weight excluding hydrogens is 216 g/mol. The first kappa shape index (κ1) is 8.48. The van der Waals surface area contributed by atoms with Gasteiger partial charge in [0, 0.05) is 37.2 Å². The monoisotopic (exact) mass is 228 g/mol. The average molecular weight is 229 g/mol. The number of nitrogens with zero attached hydrogens (tertiary/aromatic N) is 1. The maximum atomic E-state index is 3.85. The second-order valence-electron chi connectivity index (χ2n) is 3.47. The highest BCUT2D eigenvalue weighted by Gasteiger charge is 2.24. The van der Waals surface area contributed by atoms with Gasteiger partial charge in [-0.05, 0) is 11.1 Å². The lowest BCUT2D eigenvalue weighted by atomic mass is 10.2. The first-order chi connectivity index (χ1) is 5.75. The van der Waals surface area contributed by atoms with Crippen molar-refractivity contribution >= 4 is 15.9 Å². The Balaban J connectivity index is 1.91. The molecule has 1 N–H and O–H groups in total. The zero-order chi connectivity index (χ0) is 8.55. The van der Waals surface area contributed by atoms with Crippen LogP contribution >= 0.6 is 15.9 Å². The van der Waals surface area contributed by atoms with Gasteiger partial charge in [-0.1, -0.05) is 22.5 Å². The van der Waals surface area contributed by atoms with Crippen LogP contribution in [0.4, 0.5) is 0 Å². The van der Waals surface area contributed by atoms with E-state index in [1.807, 2.05) is 0 Å². The third kappa shape index (κ3) is 1.63. The SMILES string of the molecule is C=C(Br)CN1CC2=C(CNC2)C1. The highest BCUT2D eigenvalue weighted by Crippen LogP contribution is 2.21. The van der Waals surface area contributed by atoms with Crippen molar-refractivity contribution < 1.29 is 0 Å². The molecule has 2 rings (SSSR count). The number of halogens is 1. The molecule has 0 radical (unpaired) electrons. The summed E-state index contributed by atoms with van der Waals surface area (Å²) in [4.78, 5) is 2.42. The number of hydrogen-bond acceptors (Lipinski definition) is 2. The summed E-state index contributed by atoms with van der Waals surface area (Å²) >= 11 is 3.39. The zero-order valence-electron chi connectivity index (χ0n) is 7.07. The molecule has 0 atom stereocenters. The molecule has 0 spiro atoms. The Morgan fingerprint density at radius 1 is 1.42 bits per heavy atom. The molecule has 0 amide bonds. The van der Waals surface area contributed by atoms with E-state index >= 15 is 0 Å². The molecule has 0 aromatic carbocycles. The highest BCUT2D eigenvalue weighted by atomic mass is 79.9. The molecular formula is C9H13BrN2. The van der Waals surface area contributed by atoms with Crippen molar-refractivity contribution in [2.45, 2.75) is 0 Å². The Hall–Kier alpha value is -0.120. The van der Waals surface area contributed by atoms with Crippen molar-refractivity contribution in [2.24, 2.45) is 0 Å². The minimum absolute atomic E-state index is 0.979. The van der Waals surface area contributed by atoms with E-state index in [9.17, 15) is 0 Å². The molecule has 3 heteroatoms. The number of rotatable bonds is 2. The van der Waals surface area contributed by atoms with Crippen LogP contribution in [0, 0.1) is 0 Å². The number of hydrogen-bond donors (Lipinski definition) is 1. The standard InChI is InChI=1S/C9H13BrN2/c1-7(10)4-12-5-8-2-11-3-9(8)6-12/h11H,1-6H2. The zero-order valence-corrected chi connectivity index (χ0v) is 8.65. The van der Waals surface area contributed by atoms with Gasteiger partial charge < -0.3 is 5.32 Å². The predicted octanol–water partition coefficient (Wildman–Crippen LogP) is 1.11. The second-order valence-corrected chi connectivity index (χ2v) is 4.59. The highest BCUT2D eigenvalue weighted by molar-refractivity contribution is 9.11. The summed E-state index contributed by atoms with van der Waals surface area (Å²) in [5.41, 5.74) is 3.20. The fourth-order valence-electron chi connectivity index (χ4n) is 1.90. The van der Waals surface area contributed by atoms with E-state index in [0.29, 0.717) is 0 Å². The van der Waals surface area contributed by atoms with Gasteiger partial charge in [0.1, 0.15) is 0 Å². The molecule has 0 aromatic heterocycles. The molecule has 0 aromatic rings. The van der Waals surface area contributed by atoms with Crippen LogP contribution in [-0.2, 0) is 0 Å². The molecule has 12 heavy (non-hydrogen) atoms. The molecule has 0 saturated carbocycles. The summed E-state index contributed by atoms with van der Waals surface area (Å²) in [5, 5.41) is 3.36. The van der Waals surface area contributed by atoms with E-state index in [2.05, 4.69) is 32.7 Å². The smallest absolute Gasteiger partial charge is 0.0300 e. The lowest BCUT2D eigenvalue weighted by molar-refractivity contribution is 0.374. The van der Waals surface area contributed by atoms with E-state index in [0.717, 1.165) is 37.2 Å². The topological polar surface area (TPSA) is 15.3 Å². The Labute approximate surface area is 81.4 Å². The molecule has 0 bridgehead atoms. The molecule has 2 aliphatic rings. The average Bonchev–Trinajstić information content (AvgIpc) is 2.43. The Morgan fingerprint density at radius 3 is 2.50 bits per heavy atom. The quantitative estimate of drug-likeness (QED) is 0.713. The number of nitrogens with one attached hydrogen (secondary N) is 1. The predicted molar refractivity (Wildman–Crippen MR) is 54.4 cm³/mol. The molecule has 0 fully saturated rings. The van der Waals surface area contributed by atoms with E-state index in [1.165, 1.54) is 0 Å². The van der Waals surface area contributed by atoms with Crippen LogP contribution in [0.3, 0.4) is 0 Å². The summed E-state index contributed by atoms with van der Waals surface area (Å²) < 4.78 is 1.08. The van der Waals surface area contributed by atoms with E-state index in [-0.39, 0.29) is 0 Å². The first-order valence-corrected chi connectivity index (χ1v) is 5.01. The third-order valence-corrected chi connectivity index (χ3v) is 2.65. The van der Waals surface area contributed by atoms with Gasteiger partial charge in [-0.3, -0.25) is 4.90 Å². The maximum absolute atomic E-state index is 3.85. The van der Waals surface area contributed by atoms with Gasteiger partial charge in [0.05, 0.1) is 0 Å². The van der Waals surface area contributed by atoms with Crippen LogP contribution in [0.15, 0.2) is 22.2 Å². The Kier molecular flexibility index (Phi) is 2.35. The largest absolute Gasteiger partial charge is 0.309 e. The minimum Gasteiger partial charge on any atom is -0.309 e. The van der Waals surface area contributed by atoms with Crippen LogP contribution in [0.5, 0.6) is 0 Å². The molecule has 66 valence electrons. The maximum Gasteiger partial charge on any atom is 0.0300 e. The van der Waals surface area contributed by atoms with Crippen LogP contribution in [0.2, 0.25) is 0 Å². The van der Waals surface area contributed by atoms with Crippen molar-refractivity contribution in [2.75, 3.05) is 32.7 Å². The fourth-order valence-corrected chi connectivity index (χ4v) is 2.25. The van der Waals surface area contributed by atoms with Gasteiger partial charge in [0.25, 0.3) is 0 Å². The van der Waals surface area contributed by atoms with Crippen molar-refractivity contribution in [1.82, 2.24) is 10.2 Å². The normalized spacial score (nSPS) is 23.4. The summed E-state index contributed by atoms with van der Waals surface area (Å²) in [7, 11) is 0. The van der Waals surface area contributed by atoms with Gasteiger partial charge >= 0.3 is 0 Å². The fraction of sp³-hybridized carbons (Fsp3) is 0.556. The van der Waals surface area contributed by atoms with Crippen molar-refractivity contribution in [3.05, 3.63) is 22.2 Å². The van der Waals surface area contributed by atoms with Gasteiger partial charge in [-0.15, -0.1) is 0 Å². The summed E-state index contributed by atoms with van der Waals surface area (Å²) in [6, 6.07) is 0. The van der Waals surface area contributed by atoms with E-state index in [4.69, 9.17) is 0 Å². The Bertz CT molecular complexity index is 229. The van der Waals surface area contributed by atoms with E-state index in [1.54, 1.807) is 11.1 Å². The second kappa shape index (κ2) is 3.32. The Morgan fingerprint density at radius 2 is 2.00 bits per heavy atom.